The molecule has 2 aromatic rings. The first-order valence-corrected chi connectivity index (χ1v) is 6.37. The highest BCUT2D eigenvalue weighted by molar-refractivity contribution is 5.27. The van der Waals surface area contributed by atoms with Crippen molar-refractivity contribution in [2.45, 2.75) is 26.3 Å². The fourth-order valence-corrected chi connectivity index (χ4v) is 2.26. The van der Waals surface area contributed by atoms with E-state index in [4.69, 9.17) is 5.73 Å². The number of aromatic nitrogens is 3. The van der Waals surface area contributed by atoms with E-state index in [0.717, 1.165) is 5.69 Å². The normalized spacial score (nSPS) is 12.9. The molecule has 2 N–H and O–H groups in total. The van der Waals surface area contributed by atoms with Gasteiger partial charge in [-0.25, -0.2) is 0 Å². The Bertz CT molecular complexity index is 476. The van der Waals surface area contributed by atoms with Gasteiger partial charge in [-0.3, -0.25) is 4.68 Å². The van der Waals surface area contributed by atoms with Gasteiger partial charge < -0.3 is 5.73 Å². The van der Waals surface area contributed by atoms with Gasteiger partial charge in [-0.05, 0) is 11.5 Å². The highest BCUT2D eigenvalue weighted by atomic mass is 15.4. The fourth-order valence-electron chi connectivity index (χ4n) is 2.26. The van der Waals surface area contributed by atoms with Crippen LogP contribution in [0.4, 0.5) is 0 Å². The van der Waals surface area contributed by atoms with E-state index in [1.807, 2.05) is 16.9 Å². The number of rotatable bonds is 5. The first-order valence-electron chi connectivity index (χ1n) is 6.37. The standard InChI is InChI=1S/C14H20N4/c1-11(2)14(12-6-4-3-5-7-12)13-10-18(9-8-15)17-16-13/h3-7,10-11,14H,8-9,15H2,1-2H3/t14-/m0/s1. The summed E-state index contributed by atoms with van der Waals surface area (Å²) >= 11 is 0. The first-order chi connectivity index (χ1) is 8.72. The van der Waals surface area contributed by atoms with E-state index >= 15 is 0 Å². The summed E-state index contributed by atoms with van der Waals surface area (Å²) in [6.07, 6.45) is 2.00. The van der Waals surface area contributed by atoms with Gasteiger partial charge in [0.25, 0.3) is 0 Å². The Morgan fingerprint density at radius 1 is 1.22 bits per heavy atom. The first kappa shape index (κ1) is 12.8. The van der Waals surface area contributed by atoms with Crippen LogP contribution in [0.2, 0.25) is 0 Å². The van der Waals surface area contributed by atoms with Gasteiger partial charge in [0.15, 0.2) is 0 Å². The lowest BCUT2D eigenvalue weighted by molar-refractivity contribution is 0.551. The van der Waals surface area contributed by atoms with Gasteiger partial charge in [0, 0.05) is 18.7 Å². The largest absolute Gasteiger partial charge is 0.329 e. The Kier molecular flexibility index (Phi) is 4.10. The molecule has 0 amide bonds. The molecule has 2 rings (SSSR count). The predicted octanol–water partition coefficient (Wildman–Crippen LogP) is 2.02. The van der Waals surface area contributed by atoms with Crippen LogP contribution in [0.1, 0.15) is 31.0 Å². The molecule has 1 heterocycles. The number of nitrogens with two attached hydrogens (primary N) is 1. The van der Waals surface area contributed by atoms with Crippen molar-refractivity contribution in [3.63, 3.8) is 0 Å². The molecule has 1 aromatic carbocycles. The number of nitrogens with zero attached hydrogens (tertiary/aromatic N) is 3. The van der Waals surface area contributed by atoms with Gasteiger partial charge >= 0.3 is 0 Å². The summed E-state index contributed by atoms with van der Waals surface area (Å²) in [5.41, 5.74) is 7.83. The van der Waals surface area contributed by atoms with Crippen LogP contribution < -0.4 is 5.73 Å². The average molecular weight is 244 g/mol. The zero-order valence-corrected chi connectivity index (χ0v) is 11.0. The Hall–Kier alpha value is -1.68. The van der Waals surface area contributed by atoms with E-state index in [1.54, 1.807) is 0 Å². The van der Waals surface area contributed by atoms with Crippen molar-refractivity contribution >= 4 is 0 Å². The molecule has 0 saturated carbocycles. The van der Waals surface area contributed by atoms with Crippen LogP contribution in [-0.2, 0) is 6.54 Å². The summed E-state index contributed by atoms with van der Waals surface area (Å²) in [7, 11) is 0. The van der Waals surface area contributed by atoms with Crippen molar-refractivity contribution in [2.24, 2.45) is 11.7 Å². The molecule has 1 atom stereocenters. The van der Waals surface area contributed by atoms with Crippen LogP contribution in [0.25, 0.3) is 0 Å². The van der Waals surface area contributed by atoms with Gasteiger partial charge in [0.2, 0.25) is 0 Å². The van der Waals surface area contributed by atoms with Gasteiger partial charge in [-0.1, -0.05) is 49.4 Å². The third-order valence-corrected chi connectivity index (χ3v) is 3.06. The molecule has 0 radical (unpaired) electrons. The number of hydrogen-bond acceptors (Lipinski definition) is 3. The fraction of sp³-hybridized carbons (Fsp3) is 0.429. The Balaban J connectivity index is 2.30. The maximum absolute atomic E-state index is 5.53. The molecule has 96 valence electrons. The lowest BCUT2D eigenvalue weighted by atomic mass is 9.86. The van der Waals surface area contributed by atoms with E-state index in [9.17, 15) is 0 Å². The van der Waals surface area contributed by atoms with Crippen molar-refractivity contribution in [1.82, 2.24) is 15.0 Å². The summed E-state index contributed by atoms with van der Waals surface area (Å²) in [6, 6.07) is 10.5. The third kappa shape index (κ3) is 2.76. The minimum atomic E-state index is 0.290. The van der Waals surface area contributed by atoms with E-state index in [2.05, 4.69) is 48.4 Å². The number of hydrogen-bond donors (Lipinski definition) is 1. The van der Waals surface area contributed by atoms with Gasteiger partial charge in [0.1, 0.15) is 0 Å². The van der Waals surface area contributed by atoms with Crippen LogP contribution in [0.3, 0.4) is 0 Å². The lowest BCUT2D eigenvalue weighted by Gasteiger charge is -2.18. The summed E-state index contributed by atoms with van der Waals surface area (Å²) in [5.74, 6) is 0.771. The quantitative estimate of drug-likeness (QED) is 0.875. The van der Waals surface area contributed by atoms with Crippen molar-refractivity contribution < 1.29 is 0 Å². The second kappa shape index (κ2) is 5.78. The zero-order valence-electron chi connectivity index (χ0n) is 11.0. The van der Waals surface area contributed by atoms with E-state index in [-0.39, 0.29) is 5.92 Å². The third-order valence-electron chi connectivity index (χ3n) is 3.06. The van der Waals surface area contributed by atoms with Crippen molar-refractivity contribution in [3.8, 4) is 0 Å². The Labute approximate surface area is 108 Å². The minimum absolute atomic E-state index is 0.290. The molecule has 0 aliphatic heterocycles. The lowest BCUT2D eigenvalue weighted by Crippen LogP contribution is -2.10. The maximum Gasteiger partial charge on any atom is 0.0904 e. The Morgan fingerprint density at radius 2 is 1.94 bits per heavy atom. The highest BCUT2D eigenvalue weighted by Gasteiger charge is 2.21. The second-order valence-corrected chi connectivity index (χ2v) is 4.83. The van der Waals surface area contributed by atoms with Crippen LogP contribution in [0.5, 0.6) is 0 Å². The molecule has 4 heteroatoms. The average Bonchev–Trinajstić information content (AvgIpc) is 2.79. The minimum Gasteiger partial charge on any atom is -0.329 e. The molecule has 0 unspecified atom stereocenters. The molecular weight excluding hydrogens is 224 g/mol. The molecule has 0 spiro atoms. The maximum atomic E-state index is 5.53. The van der Waals surface area contributed by atoms with Crippen LogP contribution in [0.15, 0.2) is 36.5 Å². The summed E-state index contributed by atoms with van der Waals surface area (Å²) in [4.78, 5) is 0. The molecule has 0 fully saturated rings. The van der Waals surface area contributed by atoms with Gasteiger partial charge in [-0.2, -0.15) is 0 Å². The van der Waals surface area contributed by atoms with E-state index in [0.29, 0.717) is 19.0 Å². The van der Waals surface area contributed by atoms with Crippen molar-refractivity contribution in [2.75, 3.05) is 6.54 Å². The predicted molar refractivity (Wildman–Crippen MR) is 72.2 cm³/mol. The molecule has 0 saturated heterocycles. The topological polar surface area (TPSA) is 56.7 Å². The van der Waals surface area contributed by atoms with Gasteiger partial charge in [-0.15, -0.1) is 5.10 Å². The highest BCUT2D eigenvalue weighted by Crippen LogP contribution is 2.29. The van der Waals surface area contributed by atoms with Crippen molar-refractivity contribution in [3.05, 3.63) is 47.8 Å². The molecule has 4 nitrogen and oxygen atoms in total. The monoisotopic (exact) mass is 244 g/mol. The molecule has 18 heavy (non-hydrogen) atoms. The smallest absolute Gasteiger partial charge is 0.0904 e. The molecule has 0 aliphatic rings. The summed E-state index contributed by atoms with van der Waals surface area (Å²) < 4.78 is 1.81. The molecule has 1 aromatic heterocycles. The summed E-state index contributed by atoms with van der Waals surface area (Å²) in [5, 5.41) is 8.41. The SMILES string of the molecule is CC(C)[C@@H](c1ccccc1)c1cn(CCN)nn1. The zero-order chi connectivity index (χ0) is 13.0. The van der Waals surface area contributed by atoms with E-state index < -0.39 is 0 Å². The van der Waals surface area contributed by atoms with Crippen LogP contribution in [0, 0.1) is 5.92 Å². The summed E-state index contributed by atoms with van der Waals surface area (Å²) in [6.45, 7) is 5.71. The second-order valence-electron chi connectivity index (χ2n) is 4.83. The Morgan fingerprint density at radius 3 is 2.56 bits per heavy atom. The van der Waals surface area contributed by atoms with Crippen LogP contribution >= 0.6 is 0 Å². The molecule has 0 bridgehead atoms. The number of benzene rings is 1. The molecular formula is C14H20N4. The van der Waals surface area contributed by atoms with E-state index in [1.165, 1.54) is 5.56 Å². The van der Waals surface area contributed by atoms with Crippen LogP contribution in [-0.4, -0.2) is 21.5 Å². The van der Waals surface area contributed by atoms with Crippen molar-refractivity contribution in [1.29, 1.82) is 0 Å². The molecule has 0 aliphatic carbocycles. The van der Waals surface area contributed by atoms with Gasteiger partial charge in [0.05, 0.1) is 12.2 Å².